The van der Waals surface area contributed by atoms with Crippen molar-refractivity contribution < 1.29 is 13.9 Å². The van der Waals surface area contributed by atoms with Gasteiger partial charge in [-0.1, -0.05) is 11.6 Å². The highest BCUT2D eigenvalue weighted by Crippen LogP contribution is 2.31. The normalized spacial score (nSPS) is 10.8. The van der Waals surface area contributed by atoms with Crippen LogP contribution in [-0.2, 0) is 11.2 Å². The molecule has 0 aliphatic carbocycles. The quantitative estimate of drug-likeness (QED) is 0.672. The lowest BCUT2D eigenvalue weighted by Crippen LogP contribution is -2.11. The first-order valence-corrected chi connectivity index (χ1v) is 7.21. The molecule has 0 aliphatic heterocycles. The minimum atomic E-state index is -0.354. The van der Waals surface area contributed by atoms with Crippen molar-refractivity contribution in [2.45, 2.75) is 13.3 Å². The van der Waals surface area contributed by atoms with Crippen LogP contribution in [0.1, 0.15) is 11.1 Å². The predicted octanol–water partition coefficient (Wildman–Crippen LogP) is 4.05. The number of fused-ring (bicyclic) bond motifs is 1. The third-order valence-electron chi connectivity index (χ3n) is 3.08. The van der Waals surface area contributed by atoms with Gasteiger partial charge >= 0.3 is 5.97 Å². The number of halogens is 1. The number of carbonyl (C=O) groups excluding carboxylic acids is 1. The molecule has 0 amide bonds. The van der Waals surface area contributed by atoms with E-state index in [0.717, 1.165) is 22.1 Å². The lowest BCUT2D eigenvalue weighted by molar-refractivity contribution is -0.133. The highest BCUT2D eigenvalue weighted by atomic mass is 79.9. The van der Waals surface area contributed by atoms with Gasteiger partial charge in [-0.25, -0.2) is 0 Å². The van der Waals surface area contributed by atoms with Crippen LogP contribution in [0, 0.1) is 6.92 Å². The first-order chi connectivity index (χ1) is 10.1. The van der Waals surface area contributed by atoms with Crippen molar-refractivity contribution in [1.29, 1.82) is 0 Å². The molecule has 2 aromatic heterocycles. The SMILES string of the molecule is Cc1ccc2oc(Br)c(CC(=O)Oc3cccnc3)c2c1. The maximum absolute atomic E-state index is 12.0. The van der Waals surface area contributed by atoms with E-state index in [4.69, 9.17) is 9.15 Å². The van der Waals surface area contributed by atoms with Crippen LogP contribution in [0.25, 0.3) is 11.0 Å². The number of furan rings is 1. The van der Waals surface area contributed by atoms with Crippen molar-refractivity contribution >= 4 is 32.9 Å². The minimum absolute atomic E-state index is 0.131. The van der Waals surface area contributed by atoms with Crippen molar-refractivity contribution in [2.75, 3.05) is 0 Å². The Kier molecular flexibility index (Phi) is 3.75. The molecular weight excluding hydrogens is 334 g/mol. The fourth-order valence-electron chi connectivity index (χ4n) is 2.12. The number of rotatable bonds is 3. The molecule has 0 fully saturated rings. The van der Waals surface area contributed by atoms with E-state index >= 15 is 0 Å². The van der Waals surface area contributed by atoms with E-state index in [2.05, 4.69) is 20.9 Å². The molecule has 0 bridgehead atoms. The van der Waals surface area contributed by atoms with Crippen molar-refractivity contribution in [3.63, 3.8) is 0 Å². The van der Waals surface area contributed by atoms with Crippen molar-refractivity contribution in [1.82, 2.24) is 4.98 Å². The van der Waals surface area contributed by atoms with Crippen molar-refractivity contribution in [3.05, 3.63) is 58.5 Å². The van der Waals surface area contributed by atoms with Crippen LogP contribution in [0.5, 0.6) is 5.75 Å². The summed E-state index contributed by atoms with van der Waals surface area (Å²) in [4.78, 5) is 16.0. The average molecular weight is 346 g/mol. The molecule has 0 spiro atoms. The van der Waals surface area contributed by atoms with E-state index in [-0.39, 0.29) is 12.4 Å². The highest BCUT2D eigenvalue weighted by molar-refractivity contribution is 9.10. The van der Waals surface area contributed by atoms with Gasteiger partial charge in [0.2, 0.25) is 0 Å². The molecule has 5 heteroatoms. The van der Waals surface area contributed by atoms with Gasteiger partial charge in [0.05, 0.1) is 12.6 Å². The van der Waals surface area contributed by atoms with Crippen LogP contribution >= 0.6 is 15.9 Å². The predicted molar refractivity (Wildman–Crippen MR) is 82.2 cm³/mol. The first kappa shape index (κ1) is 13.8. The summed E-state index contributed by atoms with van der Waals surface area (Å²) in [5.74, 6) is 0.0792. The van der Waals surface area contributed by atoms with E-state index in [1.807, 2.05) is 25.1 Å². The molecule has 3 rings (SSSR count). The third-order valence-corrected chi connectivity index (χ3v) is 3.72. The maximum atomic E-state index is 12.0. The van der Waals surface area contributed by atoms with Crippen LogP contribution in [0.3, 0.4) is 0 Å². The smallest absolute Gasteiger partial charge is 0.315 e. The van der Waals surface area contributed by atoms with Gasteiger partial charge in [0.25, 0.3) is 0 Å². The average Bonchev–Trinajstić information content (AvgIpc) is 2.76. The molecule has 3 aromatic rings. The van der Waals surface area contributed by atoms with Crippen LogP contribution in [0.15, 0.2) is 51.8 Å². The molecule has 0 radical (unpaired) electrons. The second-order valence-corrected chi connectivity index (χ2v) is 5.41. The van der Waals surface area contributed by atoms with E-state index in [1.165, 1.54) is 6.20 Å². The zero-order valence-electron chi connectivity index (χ0n) is 11.3. The van der Waals surface area contributed by atoms with Gasteiger partial charge in [0.1, 0.15) is 11.3 Å². The molecule has 1 aromatic carbocycles. The van der Waals surface area contributed by atoms with Crippen LogP contribution in [0.2, 0.25) is 0 Å². The summed E-state index contributed by atoms with van der Waals surface area (Å²) in [5, 5.41) is 0.921. The maximum Gasteiger partial charge on any atom is 0.315 e. The Morgan fingerprint density at radius 3 is 3.00 bits per heavy atom. The number of aryl methyl sites for hydroxylation is 1. The highest BCUT2D eigenvalue weighted by Gasteiger charge is 2.17. The Hall–Kier alpha value is -2.14. The van der Waals surface area contributed by atoms with Crippen molar-refractivity contribution in [3.8, 4) is 5.75 Å². The monoisotopic (exact) mass is 345 g/mol. The number of hydrogen-bond acceptors (Lipinski definition) is 4. The zero-order valence-corrected chi connectivity index (χ0v) is 12.9. The Bertz CT molecular complexity index is 796. The summed E-state index contributed by atoms with van der Waals surface area (Å²) in [6, 6.07) is 9.27. The third kappa shape index (κ3) is 2.97. The summed E-state index contributed by atoms with van der Waals surface area (Å²) < 4.78 is 11.4. The molecule has 0 N–H and O–H groups in total. The van der Waals surface area contributed by atoms with Gasteiger partial charge in [-0.05, 0) is 47.1 Å². The number of nitrogens with zero attached hydrogens (tertiary/aromatic N) is 1. The largest absolute Gasteiger partial charge is 0.449 e. The number of aromatic nitrogens is 1. The van der Waals surface area contributed by atoms with Crippen molar-refractivity contribution in [2.24, 2.45) is 0 Å². The van der Waals surface area contributed by atoms with Gasteiger partial charge < -0.3 is 9.15 Å². The number of pyridine rings is 1. The fraction of sp³-hybridized carbons (Fsp3) is 0.125. The Morgan fingerprint density at radius 2 is 2.24 bits per heavy atom. The number of esters is 1. The van der Waals surface area contributed by atoms with Crippen LogP contribution in [-0.4, -0.2) is 11.0 Å². The van der Waals surface area contributed by atoms with E-state index in [0.29, 0.717) is 10.4 Å². The van der Waals surface area contributed by atoms with Gasteiger partial charge in [0, 0.05) is 17.1 Å². The molecule has 0 unspecified atom stereocenters. The van der Waals surface area contributed by atoms with Gasteiger partial charge in [-0.15, -0.1) is 0 Å². The van der Waals surface area contributed by atoms with Gasteiger partial charge in [-0.3, -0.25) is 9.78 Å². The fourth-order valence-corrected chi connectivity index (χ4v) is 2.64. The number of benzene rings is 1. The lowest BCUT2D eigenvalue weighted by Gasteiger charge is -2.03. The molecule has 0 saturated heterocycles. The van der Waals surface area contributed by atoms with Crippen LogP contribution in [0.4, 0.5) is 0 Å². The molecule has 21 heavy (non-hydrogen) atoms. The first-order valence-electron chi connectivity index (χ1n) is 6.42. The second kappa shape index (κ2) is 5.69. The number of carbonyl (C=O) groups is 1. The summed E-state index contributed by atoms with van der Waals surface area (Å²) in [7, 11) is 0. The molecule has 0 atom stereocenters. The molecule has 0 aliphatic rings. The van der Waals surface area contributed by atoms with E-state index in [9.17, 15) is 4.79 Å². The van der Waals surface area contributed by atoms with Gasteiger partial charge in [0.15, 0.2) is 4.67 Å². The summed E-state index contributed by atoms with van der Waals surface area (Å²) in [5.41, 5.74) is 2.65. The summed E-state index contributed by atoms with van der Waals surface area (Å²) in [6.07, 6.45) is 3.26. The zero-order chi connectivity index (χ0) is 14.8. The molecule has 106 valence electrons. The van der Waals surface area contributed by atoms with Crippen LogP contribution < -0.4 is 4.74 Å². The molecular formula is C16H12BrNO3. The standard InChI is InChI=1S/C16H12BrNO3/c1-10-4-5-14-12(7-10)13(16(17)21-14)8-15(19)20-11-3-2-6-18-9-11/h2-7,9H,8H2,1H3. The minimum Gasteiger partial charge on any atom is -0.449 e. The number of ether oxygens (including phenoxy) is 1. The Morgan fingerprint density at radius 1 is 1.38 bits per heavy atom. The summed E-state index contributed by atoms with van der Waals surface area (Å²) in [6.45, 7) is 2.00. The van der Waals surface area contributed by atoms with E-state index < -0.39 is 0 Å². The lowest BCUT2D eigenvalue weighted by atomic mass is 10.1. The summed E-state index contributed by atoms with van der Waals surface area (Å²) >= 11 is 3.36. The topological polar surface area (TPSA) is 52.3 Å². The van der Waals surface area contributed by atoms with Gasteiger partial charge in [-0.2, -0.15) is 0 Å². The molecule has 2 heterocycles. The number of hydrogen-bond donors (Lipinski definition) is 0. The second-order valence-electron chi connectivity index (χ2n) is 4.69. The molecule has 4 nitrogen and oxygen atoms in total. The Labute approximate surface area is 129 Å². The Balaban J connectivity index is 1.86. The van der Waals surface area contributed by atoms with E-state index in [1.54, 1.807) is 18.3 Å². The molecule has 0 saturated carbocycles.